The fraction of sp³-hybridized carbons (Fsp3) is 0.778. The van der Waals surface area contributed by atoms with E-state index in [9.17, 15) is 19.8 Å². The number of rotatable bonds is 6. The number of hydrogen-bond donors (Lipinski definition) is 3. The molecule has 0 saturated heterocycles. The molecule has 6 nitrogen and oxygen atoms in total. The van der Waals surface area contributed by atoms with E-state index >= 15 is 0 Å². The summed E-state index contributed by atoms with van der Waals surface area (Å²) >= 11 is 0. The standard InChI is InChI=1S/C9H17NO5.Ca/c1-9(2,5-11)7(14)8(15)10-4-3-6(12)13;/h7,11,14H,3-5H2,1-2H3,(H,10,15)(H,12,13);/q;+2/p-1. The number of carbonyl (C=O) groups excluding carboxylic acids is 2. The second-order valence-corrected chi connectivity index (χ2v) is 3.96. The quantitative estimate of drug-likeness (QED) is 0.447. The Morgan fingerprint density at radius 1 is 1.44 bits per heavy atom. The predicted octanol–water partition coefficient (Wildman–Crippen LogP) is -2.76. The third-order valence-corrected chi connectivity index (χ3v) is 2.02. The number of carbonyl (C=O) groups is 2. The van der Waals surface area contributed by atoms with Crippen molar-refractivity contribution in [3.8, 4) is 0 Å². The summed E-state index contributed by atoms with van der Waals surface area (Å²) in [6.45, 7) is 2.60. The van der Waals surface area contributed by atoms with Gasteiger partial charge in [0, 0.05) is 24.3 Å². The fourth-order valence-corrected chi connectivity index (χ4v) is 0.826. The first-order valence-corrected chi connectivity index (χ1v) is 4.57. The fourth-order valence-electron chi connectivity index (χ4n) is 0.826. The molecule has 0 fully saturated rings. The predicted molar refractivity (Wildman–Crippen MR) is 55.3 cm³/mol. The van der Waals surface area contributed by atoms with Crippen molar-refractivity contribution in [2.24, 2.45) is 5.41 Å². The monoisotopic (exact) mass is 258 g/mol. The minimum Gasteiger partial charge on any atom is -0.550 e. The van der Waals surface area contributed by atoms with Crippen LogP contribution in [0.5, 0.6) is 0 Å². The van der Waals surface area contributed by atoms with Gasteiger partial charge in [0.2, 0.25) is 5.91 Å². The Bertz CT molecular complexity index is 244. The molecule has 1 atom stereocenters. The number of aliphatic hydroxyl groups excluding tert-OH is 2. The molecule has 0 bridgehead atoms. The summed E-state index contributed by atoms with van der Waals surface area (Å²) in [5, 5.41) is 30.6. The van der Waals surface area contributed by atoms with Gasteiger partial charge < -0.3 is 25.4 Å². The van der Waals surface area contributed by atoms with E-state index in [-0.39, 0.29) is 57.3 Å². The van der Waals surface area contributed by atoms with Crippen LogP contribution in [0.1, 0.15) is 20.3 Å². The topological polar surface area (TPSA) is 110 Å². The second kappa shape index (κ2) is 8.25. The van der Waals surface area contributed by atoms with E-state index in [4.69, 9.17) is 5.11 Å². The molecular formula is C9H16CaNO5+. The van der Waals surface area contributed by atoms with E-state index in [0.717, 1.165) is 0 Å². The molecule has 0 aromatic heterocycles. The van der Waals surface area contributed by atoms with Crippen LogP contribution in [0, 0.1) is 5.41 Å². The van der Waals surface area contributed by atoms with Crippen LogP contribution in [0.4, 0.5) is 0 Å². The molecule has 0 aliphatic carbocycles. The zero-order valence-electron chi connectivity index (χ0n) is 9.52. The maximum atomic E-state index is 11.2. The molecule has 0 heterocycles. The van der Waals surface area contributed by atoms with Gasteiger partial charge in [-0.2, -0.15) is 0 Å². The molecule has 0 spiro atoms. The van der Waals surface area contributed by atoms with Gasteiger partial charge in [0.05, 0.1) is 6.61 Å². The van der Waals surface area contributed by atoms with Gasteiger partial charge in [0.1, 0.15) is 6.10 Å². The Hall–Kier alpha value is 0.120. The summed E-state index contributed by atoms with van der Waals surface area (Å²) in [4.78, 5) is 21.3. The van der Waals surface area contributed by atoms with Crippen LogP contribution in [0.2, 0.25) is 0 Å². The molecule has 0 saturated carbocycles. The van der Waals surface area contributed by atoms with Crippen LogP contribution in [0.15, 0.2) is 0 Å². The number of aliphatic carboxylic acids is 1. The zero-order chi connectivity index (χ0) is 12.1. The summed E-state index contributed by atoms with van der Waals surface area (Å²) in [5.74, 6) is -1.97. The van der Waals surface area contributed by atoms with Crippen molar-refractivity contribution >= 4 is 49.6 Å². The average molecular weight is 258 g/mol. The van der Waals surface area contributed by atoms with Gasteiger partial charge in [0.25, 0.3) is 0 Å². The van der Waals surface area contributed by atoms with Crippen LogP contribution in [0.3, 0.4) is 0 Å². The number of carboxylic acids is 1. The number of carboxylic acid groups (broad SMARTS) is 1. The van der Waals surface area contributed by atoms with Gasteiger partial charge in [-0.05, 0) is 0 Å². The van der Waals surface area contributed by atoms with Crippen LogP contribution in [0.25, 0.3) is 0 Å². The first kappa shape index (κ1) is 18.5. The first-order chi connectivity index (χ1) is 6.81. The van der Waals surface area contributed by atoms with Crippen molar-refractivity contribution in [2.45, 2.75) is 26.4 Å². The summed E-state index contributed by atoms with van der Waals surface area (Å²) < 4.78 is 0. The van der Waals surface area contributed by atoms with Gasteiger partial charge >= 0.3 is 37.7 Å². The Balaban J connectivity index is 0. The van der Waals surface area contributed by atoms with E-state index < -0.39 is 23.4 Å². The minimum absolute atomic E-state index is 0. The summed E-state index contributed by atoms with van der Waals surface area (Å²) in [5.41, 5.74) is -0.953. The first-order valence-electron chi connectivity index (χ1n) is 4.57. The van der Waals surface area contributed by atoms with Gasteiger partial charge in [-0.3, -0.25) is 4.79 Å². The van der Waals surface area contributed by atoms with E-state index in [0.29, 0.717) is 0 Å². The van der Waals surface area contributed by atoms with Gasteiger partial charge in [0.15, 0.2) is 0 Å². The number of hydrogen-bond acceptors (Lipinski definition) is 5. The molecule has 7 heteroatoms. The third kappa shape index (κ3) is 6.65. The zero-order valence-corrected chi connectivity index (χ0v) is 11.7. The van der Waals surface area contributed by atoms with E-state index in [2.05, 4.69) is 5.32 Å². The molecule has 16 heavy (non-hydrogen) atoms. The number of nitrogens with one attached hydrogen (secondary N) is 1. The van der Waals surface area contributed by atoms with Crippen LogP contribution in [-0.2, 0) is 9.59 Å². The van der Waals surface area contributed by atoms with Crippen LogP contribution >= 0.6 is 0 Å². The van der Waals surface area contributed by atoms with Crippen molar-refractivity contribution in [2.75, 3.05) is 13.2 Å². The molecule has 0 aromatic rings. The van der Waals surface area contributed by atoms with Crippen molar-refractivity contribution < 1.29 is 24.9 Å². The van der Waals surface area contributed by atoms with E-state index in [1.54, 1.807) is 0 Å². The van der Waals surface area contributed by atoms with Crippen molar-refractivity contribution in [3.63, 3.8) is 0 Å². The van der Waals surface area contributed by atoms with Crippen molar-refractivity contribution in [3.05, 3.63) is 0 Å². The Labute approximate surface area is 124 Å². The Morgan fingerprint density at radius 2 is 1.94 bits per heavy atom. The molecule has 0 aliphatic heterocycles. The largest absolute Gasteiger partial charge is 2.00 e. The molecule has 0 aromatic carbocycles. The molecule has 0 aliphatic rings. The van der Waals surface area contributed by atoms with Gasteiger partial charge in [-0.1, -0.05) is 13.8 Å². The molecule has 88 valence electrons. The normalized spacial score (nSPS) is 12.5. The Morgan fingerprint density at radius 3 is 2.31 bits per heavy atom. The number of amides is 1. The maximum Gasteiger partial charge on any atom is 2.00 e. The van der Waals surface area contributed by atoms with Crippen LogP contribution < -0.4 is 10.4 Å². The van der Waals surface area contributed by atoms with Crippen molar-refractivity contribution in [1.82, 2.24) is 5.32 Å². The van der Waals surface area contributed by atoms with E-state index in [1.165, 1.54) is 13.8 Å². The number of aliphatic hydroxyl groups is 2. The van der Waals surface area contributed by atoms with Gasteiger partial charge in [-0.25, -0.2) is 0 Å². The summed E-state index contributed by atoms with van der Waals surface area (Å²) in [6, 6.07) is 0. The minimum atomic E-state index is -1.37. The smallest absolute Gasteiger partial charge is 0.550 e. The molecular weight excluding hydrogens is 242 g/mol. The van der Waals surface area contributed by atoms with E-state index in [1.807, 2.05) is 0 Å². The van der Waals surface area contributed by atoms with Crippen LogP contribution in [-0.4, -0.2) is 79.1 Å². The average Bonchev–Trinajstić information content (AvgIpc) is 2.15. The molecule has 0 rings (SSSR count). The molecule has 1 unspecified atom stereocenters. The third-order valence-electron chi connectivity index (χ3n) is 2.02. The van der Waals surface area contributed by atoms with Crippen molar-refractivity contribution in [1.29, 1.82) is 0 Å². The summed E-state index contributed by atoms with van der Waals surface area (Å²) in [6.07, 6.45) is -1.68. The molecule has 1 amide bonds. The molecule has 0 radical (unpaired) electrons. The summed E-state index contributed by atoms with van der Waals surface area (Å²) in [7, 11) is 0. The second-order valence-electron chi connectivity index (χ2n) is 3.96. The molecule has 3 N–H and O–H groups in total. The van der Waals surface area contributed by atoms with Gasteiger partial charge in [-0.15, -0.1) is 0 Å². The Kier molecular flexibility index (Phi) is 9.53. The maximum absolute atomic E-state index is 11.2. The SMILES string of the molecule is CC(C)(CO)C(O)C(=O)NCCC(=O)[O-].[Ca+2].